The summed E-state index contributed by atoms with van der Waals surface area (Å²) >= 11 is 11.9. The second-order valence-corrected chi connectivity index (χ2v) is 8.17. The molecule has 4 nitrogen and oxygen atoms in total. The monoisotopic (exact) mass is 526 g/mol. The highest BCUT2D eigenvalue weighted by Crippen LogP contribution is 2.34. The fraction of sp³-hybridized carbons (Fsp3) is 0.0833. The molecule has 0 fully saturated rings. The quantitative estimate of drug-likeness (QED) is 0.154. The van der Waals surface area contributed by atoms with Crippen LogP contribution in [0.15, 0.2) is 53.1 Å². The number of nitrogens with zero attached hydrogens (tertiary/aromatic N) is 2. The first kappa shape index (κ1) is 24.7. The molecule has 180 valence electrons. The molecule has 11 heteroatoms. The molecule has 0 N–H and O–H groups in total. The van der Waals surface area contributed by atoms with Gasteiger partial charge in [0.25, 0.3) is 5.91 Å². The molecule has 0 atom stereocenters. The molecule has 1 aliphatic heterocycles. The van der Waals surface area contributed by atoms with Crippen LogP contribution in [0.25, 0.3) is 6.08 Å². The molecule has 3 aromatic carbocycles. The molecule has 3 aromatic rings. The summed E-state index contributed by atoms with van der Waals surface area (Å²) in [5.41, 5.74) is -0.463. The Labute approximate surface area is 205 Å². The number of carbonyl (C=O) groups excluding carboxylic acids is 1. The van der Waals surface area contributed by atoms with Gasteiger partial charge >= 0.3 is 0 Å². The van der Waals surface area contributed by atoms with E-state index in [1.165, 1.54) is 13.0 Å². The number of hydrogen-bond acceptors (Lipinski definition) is 3. The fourth-order valence-corrected chi connectivity index (χ4v) is 3.61. The van der Waals surface area contributed by atoms with Crippen LogP contribution >= 0.6 is 23.2 Å². The van der Waals surface area contributed by atoms with Gasteiger partial charge < -0.3 is 4.74 Å². The summed E-state index contributed by atoms with van der Waals surface area (Å²) in [7, 11) is 0. The zero-order chi connectivity index (χ0) is 25.4. The van der Waals surface area contributed by atoms with Crippen LogP contribution < -0.4 is 9.75 Å². The number of anilines is 1. The van der Waals surface area contributed by atoms with Gasteiger partial charge in [0.15, 0.2) is 23.3 Å². The average Bonchev–Trinajstić information content (AvgIpc) is 3.11. The van der Waals surface area contributed by atoms with Crippen molar-refractivity contribution in [3.63, 3.8) is 0 Å². The van der Waals surface area contributed by atoms with Gasteiger partial charge in [-0.2, -0.15) is 10.1 Å². The van der Waals surface area contributed by atoms with Crippen LogP contribution in [-0.2, 0) is 11.4 Å². The van der Waals surface area contributed by atoms with E-state index in [9.17, 15) is 26.7 Å². The number of para-hydroxylation sites is 1. The van der Waals surface area contributed by atoms with Crippen molar-refractivity contribution in [3.8, 4) is 5.75 Å². The maximum atomic E-state index is 14.2. The summed E-state index contributed by atoms with van der Waals surface area (Å²) in [6.45, 7) is 1.46. The molecule has 1 amide bonds. The summed E-state index contributed by atoms with van der Waals surface area (Å²) in [4.78, 5) is 12.9. The lowest BCUT2D eigenvalue weighted by atomic mass is 10.1. The van der Waals surface area contributed by atoms with Crippen LogP contribution in [0, 0.1) is 29.1 Å². The van der Waals surface area contributed by atoms with Crippen LogP contribution in [-0.4, -0.2) is 11.6 Å². The normalized spacial score (nSPS) is 14.6. The third kappa shape index (κ3) is 4.61. The minimum absolute atomic E-state index is 0.00164. The van der Waals surface area contributed by atoms with E-state index in [-0.39, 0.29) is 22.9 Å². The van der Waals surface area contributed by atoms with E-state index in [0.29, 0.717) is 26.9 Å². The molecule has 0 bridgehead atoms. The summed E-state index contributed by atoms with van der Waals surface area (Å²) in [6, 6.07) is 11.5. The van der Waals surface area contributed by atoms with Gasteiger partial charge in [0.05, 0.1) is 21.3 Å². The molecule has 0 spiro atoms. The molecule has 0 aromatic heterocycles. The van der Waals surface area contributed by atoms with Crippen molar-refractivity contribution < 1.29 is 31.5 Å². The summed E-state index contributed by atoms with van der Waals surface area (Å²) < 4.78 is 75.0. The second-order valence-electron chi connectivity index (χ2n) is 7.35. The Hall–Kier alpha value is -3.43. The zero-order valence-electron chi connectivity index (χ0n) is 17.7. The van der Waals surface area contributed by atoms with E-state index >= 15 is 0 Å². The topological polar surface area (TPSA) is 41.9 Å². The Kier molecular flexibility index (Phi) is 6.82. The Bertz CT molecular complexity index is 1400. The largest absolute Gasteiger partial charge is 0.488 e. The van der Waals surface area contributed by atoms with Crippen LogP contribution in [0.2, 0.25) is 10.0 Å². The maximum Gasteiger partial charge on any atom is 0.280 e. The molecule has 1 aliphatic rings. The maximum absolute atomic E-state index is 14.2. The number of hydrazone groups is 1. The standard InChI is InChI=1S/C24H13Cl2F5N2O2/c1-11-14(24(34)33(32-11)23-21(30)19(28)18(27)20(29)22(23)31)9-13-4-2-3-5-17(13)35-10-12-6-7-15(25)16(26)8-12/h2-9H,10H2,1H3/b14-9+. The first-order valence-electron chi connectivity index (χ1n) is 9.89. The third-order valence-electron chi connectivity index (χ3n) is 5.06. The molecule has 0 saturated carbocycles. The van der Waals surface area contributed by atoms with Gasteiger partial charge in [-0.3, -0.25) is 4.79 Å². The van der Waals surface area contributed by atoms with Crippen LogP contribution in [0.5, 0.6) is 5.75 Å². The Morgan fingerprint density at radius 3 is 2.20 bits per heavy atom. The highest BCUT2D eigenvalue weighted by Gasteiger charge is 2.37. The molecule has 4 rings (SSSR count). The van der Waals surface area contributed by atoms with E-state index in [1.54, 1.807) is 42.5 Å². The lowest BCUT2D eigenvalue weighted by Crippen LogP contribution is -2.25. The van der Waals surface area contributed by atoms with Crippen LogP contribution in [0.1, 0.15) is 18.1 Å². The first-order chi connectivity index (χ1) is 16.6. The lowest BCUT2D eigenvalue weighted by molar-refractivity contribution is -0.114. The third-order valence-corrected chi connectivity index (χ3v) is 5.80. The van der Waals surface area contributed by atoms with Gasteiger partial charge in [-0.05, 0) is 36.8 Å². The average molecular weight is 527 g/mol. The molecular weight excluding hydrogens is 514 g/mol. The Morgan fingerprint density at radius 1 is 0.914 bits per heavy atom. The van der Waals surface area contributed by atoms with Gasteiger partial charge in [-0.15, -0.1) is 0 Å². The van der Waals surface area contributed by atoms with Crippen molar-refractivity contribution in [2.75, 3.05) is 5.01 Å². The summed E-state index contributed by atoms with van der Waals surface area (Å²) in [5, 5.41) is 4.60. The van der Waals surface area contributed by atoms with E-state index in [0.717, 1.165) is 0 Å². The number of ether oxygens (including phenoxy) is 1. The number of halogens is 7. The molecular formula is C24H13Cl2F5N2O2. The molecule has 35 heavy (non-hydrogen) atoms. The van der Waals surface area contributed by atoms with Crippen molar-refractivity contribution in [2.24, 2.45) is 5.10 Å². The number of rotatable bonds is 5. The smallest absolute Gasteiger partial charge is 0.280 e. The number of benzene rings is 3. The molecule has 1 heterocycles. The van der Waals surface area contributed by atoms with Crippen LogP contribution in [0.4, 0.5) is 27.6 Å². The number of hydrogen-bond donors (Lipinski definition) is 0. The SMILES string of the molecule is CC1=NN(c2c(F)c(F)c(F)c(F)c2F)C(=O)/C1=C/c1ccccc1OCc1ccc(Cl)c(Cl)c1. The number of amides is 1. The summed E-state index contributed by atoms with van der Waals surface area (Å²) in [6.07, 6.45) is 1.34. The predicted octanol–water partition coefficient (Wildman–Crippen LogP) is 7.07. The van der Waals surface area contributed by atoms with Gasteiger partial charge in [-0.1, -0.05) is 47.5 Å². The van der Waals surface area contributed by atoms with Crippen molar-refractivity contribution in [2.45, 2.75) is 13.5 Å². The van der Waals surface area contributed by atoms with Gasteiger partial charge in [0.1, 0.15) is 18.0 Å². The van der Waals surface area contributed by atoms with E-state index < -0.39 is 40.7 Å². The van der Waals surface area contributed by atoms with Crippen molar-refractivity contribution in [1.29, 1.82) is 0 Å². The molecule has 0 radical (unpaired) electrons. The highest BCUT2D eigenvalue weighted by molar-refractivity contribution is 6.42. The van der Waals surface area contributed by atoms with E-state index in [1.807, 2.05) is 0 Å². The molecule has 0 saturated heterocycles. The minimum Gasteiger partial charge on any atom is -0.488 e. The first-order valence-corrected chi connectivity index (χ1v) is 10.6. The van der Waals surface area contributed by atoms with E-state index in [2.05, 4.69) is 5.10 Å². The molecule has 0 aliphatic carbocycles. The van der Waals surface area contributed by atoms with Gasteiger partial charge in [0, 0.05) is 5.56 Å². The predicted molar refractivity (Wildman–Crippen MR) is 122 cm³/mol. The van der Waals surface area contributed by atoms with Crippen LogP contribution in [0.3, 0.4) is 0 Å². The lowest BCUT2D eigenvalue weighted by Gasteiger charge is -2.15. The molecule has 0 unspecified atom stereocenters. The van der Waals surface area contributed by atoms with Gasteiger partial charge in [-0.25, -0.2) is 22.0 Å². The van der Waals surface area contributed by atoms with E-state index in [4.69, 9.17) is 27.9 Å². The highest BCUT2D eigenvalue weighted by atomic mass is 35.5. The van der Waals surface area contributed by atoms with Gasteiger partial charge in [0.2, 0.25) is 5.82 Å². The minimum atomic E-state index is -2.33. The fourth-order valence-electron chi connectivity index (χ4n) is 3.29. The number of carbonyl (C=O) groups is 1. The van der Waals surface area contributed by atoms with Crippen molar-refractivity contribution in [3.05, 3.63) is 98.3 Å². The van der Waals surface area contributed by atoms with Crippen molar-refractivity contribution >= 4 is 46.6 Å². The summed E-state index contributed by atoms with van der Waals surface area (Å²) in [5.74, 6) is -11.8. The Balaban J connectivity index is 1.65. The van der Waals surface area contributed by atoms with Crippen molar-refractivity contribution in [1.82, 2.24) is 0 Å². The second kappa shape index (κ2) is 9.67. The Morgan fingerprint density at radius 2 is 1.54 bits per heavy atom. The zero-order valence-corrected chi connectivity index (χ0v) is 19.2.